The Morgan fingerprint density at radius 2 is 2.39 bits per heavy atom. The van der Waals surface area contributed by atoms with Crippen molar-refractivity contribution >= 4 is 21.8 Å². The molecule has 0 radical (unpaired) electrons. The van der Waals surface area contributed by atoms with Crippen molar-refractivity contribution in [3.63, 3.8) is 0 Å². The number of carbonyl (C=O) groups is 1. The van der Waals surface area contributed by atoms with Crippen molar-refractivity contribution in [2.24, 2.45) is 0 Å². The molecule has 0 aromatic carbocycles. The van der Waals surface area contributed by atoms with E-state index in [9.17, 15) is 4.79 Å². The number of hydrogen-bond acceptors (Lipinski definition) is 3. The van der Waals surface area contributed by atoms with Crippen LogP contribution in [0, 0.1) is 0 Å². The van der Waals surface area contributed by atoms with Gasteiger partial charge in [-0.25, -0.2) is 0 Å². The van der Waals surface area contributed by atoms with E-state index < -0.39 is 0 Å². The third-order valence-electron chi connectivity index (χ3n) is 2.54. The van der Waals surface area contributed by atoms with Gasteiger partial charge in [-0.1, -0.05) is 6.07 Å². The molecule has 94 valence electrons. The van der Waals surface area contributed by atoms with Gasteiger partial charge in [-0.15, -0.1) is 0 Å². The summed E-state index contributed by atoms with van der Waals surface area (Å²) in [5, 5.41) is 6.94. The minimum atomic E-state index is -0.340. The van der Waals surface area contributed by atoms with E-state index in [0.717, 1.165) is 10.0 Å². The lowest BCUT2D eigenvalue weighted by Gasteiger charge is -2.12. The van der Waals surface area contributed by atoms with Crippen molar-refractivity contribution in [1.29, 1.82) is 0 Å². The van der Waals surface area contributed by atoms with Crippen molar-refractivity contribution < 1.29 is 4.79 Å². The lowest BCUT2D eigenvalue weighted by atomic mass is 10.2. The maximum atomic E-state index is 11.9. The largest absolute Gasteiger partial charge is 0.350 e. The van der Waals surface area contributed by atoms with Crippen LogP contribution in [-0.2, 0) is 11.3 Å². The third-order valence-corrected chi connectivity index (χ3v) is 2.95. The number of amides is 1. The van der Waals surface area contributed by atoms with E-state index in [2.05, 4.69) is 31.3 Å². The van der Waals surface area contributed by atoms with Crippen molar-refractivity contribution in [1.82, 2.24) is 20.1 Å². The lowest BCUT2D eigenvalue weighted by molar-refractivity contribution is -0.124. The van der Waals surface area contributed by atoms with Crippen LogP contribution in [0.25, 0.3) is 0 Å². The fraction of sp³-hybridized carbons (Fsp3) is 0.250. The SMILES string of the molecule is CC(C(=O)NCc1cccnc1)n1cc(Br)cn1. The van der Waals surface area contributed by atoms with Crippen LogP contribution >= 0.6 is 15.9 Å². The molecule has 0 bridgehead atoms. The van der Waals surface area contributed by atoms with Crippen molar-refractivity contribution in [2.45, 2.75) is 19.5 Å². The zero-order valence-electron chi connectivity index (χ0n) is 9.88. The molecule has 0 aliphatic heterocycles. The highest BCUT2D eigenvalue weighted by Crippen LogP contribution is 2.11. The third kappa shape index (κ3) is 3.16. The predicted molar refractivity (Wildman–Crippen MR) is 70.7 cm³/mol. The summed E-state index contributed by atoms with van der Waals surface area (Å²) in [4.78, 5) is 15.9. The number of rotatable bonds is 4. The van der Waals surface area contributed by atoms with Crippen LogP contribution in [0.2, 0.25) is 0 Å². The van der Waals surface area contributed by atoms with Crippen LogP contribution in [0.5, 0.6) is 0 Å². The van der Waals surface area contributed by atoms with Crippen LogP contribution < -0.4 is 5.32 Å². The summed E-state index contributed by atoms with van der Waals surface area (Å²) < 4.78 is 2.47. The molecule has 0 saturated heterocycles. The molecular weight excluding hydrogens is 296 g/mol. The topological polar surface area (TPSA) is 59.8 Å². The van der Waals surface area contributed by atoms with E-state index in [-0.39, 0.29) is 11.9 Å². The van der Waals surface area contributed by atoms with E-state index in [0.29, 0.717) is 6.54 Å². The fourth-order valence-electron chi connectivity index (χ4n) is 1.49. The average Bonchev–Trinajstić information content (AvgIpc) is 2.83. The van der Waals surface area contributed by atoms with E-state index in [1.807, 2.05) is 12.1 Å². The number of pyridine rings is 1. The number of aromatic nitrogens is 3. The number of halogens is 1. The van der Waals surface area contributed by atoms with E-state index >= 15 is 0 Å². The van der Waals surface area contributed by atoms with Crippen LogP contribution in [-0.4, -0.2) is 20.7 Å². The van der Waals surface area contributed by atoms with Gasteiger partial charge in [0.2, 0.25) is 5.91 Å². The van der Waals surface area contributed by atoms with Gasteiger partial charge in [0.15, 0.2) is 0 Å². The Hall–Kier alpha value is -1.69. The fourth-order valence-corrected chi connectivity index (χ4v) is 1.79. The van der Waals surface area contributed by atoms with Gasteiger partial charge in [0, 0.05) is 25.1 Å². The van der Waals surface area contributed by atoms with Gasteiger partial charge in [-0.05, 0) is 34.5 Å². The quantitative estimate of drug-likeness (QED) is 0.938. The highest BCUT2D eigenvalue weighted by Gasteiger charge is 2.15. The first-order chi connectivity index (χ1) is 8.66. The summed E-state index contributed by atoms with van der Waals surface area (Å²) in [5.41, 5.74) is 0.972. The van der Waals surface area contributed by atoms with Crippen molar-refractivity contribution in [2.75, 3.05) is 0 Å². The Labute approximate surface area is 113 Å². The Morgan fingerprint density at radius 3 is 3.00 bits per heavy atom. The molecule has 18 heavy (non-hydrogen) atoms. The molecule has 0 saturated carbocycles. The maximum absolute atomic E-state index is 11.9. The van der Waals surface area contributed by atoms with Gasteiger partial charge in [0.25, 0.3) is 0 Å². The number of carbonyl (C=O) groups excluding carboxylic acids is 1. The molecule has 5 nitrogen and oxygen atoms in total. The highest BCUT2D eigenvalue weighted by atomic mass is 79.9. The van der Waals surface area contributed by atoms with Crippen LogP contribution in [0.3, 0.4) is 0 Å². The summed E-state index contributed by atoms with van der Waals surface area (Å²) in [6.45, 7) is 2.28. The maximum Gasteiger partial charge on any atom is 0.244 e. The second-order valence-corrected chi connectivity index (χ2v) is 4.81. The molecule has 0 aliphatic carbocycles. The average molecular weight is 309 g/mol. The summed E-state index contributed by atoms with van der Waals surface area (Å²) in [5.74, 6) is -0.0746. The Bertz CT molecular complexity index is 526. The second kappa shape index (κ2) is 5.77. The first-order valence-corrected chi connectivity index (χ1v) is 6.32. The van der Waals surface area contributed by atoms with Gasteiger partial charge >= 0.3 is 0 Å². The second-order valence-electron chi connectivity index (χ2n) is 3.89. The van der Waals surface area contributed by atoms with Crippen LogP contribution in [0.1, 0.15) is 18.5 Å². The molecule has 1 N–H and O–H groups in total. The molecule has 0 fully saturated rings. The zero-order chi connectivity index (χ0) is 13.0. The van der Waals surface area contributed by atoms with Crippen molar-refractivity contribution in [3.8, 4) is 0 Å². The lowest BCUT2D eigenvalue weighted by Crippen LogP contribution is -2.30. The standard InChI is InChI=1S/C12H13BrN4O/c1-9(17-8-11(13)7-16-17)12(18)15-6-10-3-2-4-14-5-10/h2-5,7-9H,6H2,1H3,(H,15,18). The molecule has 1 atom stereocenters. The van der Waals surface area contributed by atoms with Crippen LogP contribution in [0.4, 0.5) is 0 Å². The number of nitrogens with one attached hydrogen (secondary N) is 1. The van der Waals surface area contributed by atoms with E-state index in [4.69, 9.17) is 0 Å². The van der Waals surface area contributed by atoms with Gasteiger partial charge in [-0.2, -0.15) is 5.10 Å². The summed E-state index contributed by atoms with van der Waals surface area (Å²) in [6.07, 6.45) is 6.86. The monoisotopic (exact) mass is 308 g/mol. The molecule has 2 aromatic rings. The highest BCUT2D eigenvalue weighted by molar-refractivity contribution is 9.10. The molecule has 2 heterocycles. The van der Waals surface area contributed by atoms with Gasteiger partial charge in [0.1, 0.15) is 6.04 Å². The Kier molecular flexibility index (Phi) is 4.09. The van der Waals surface area contributed by atoms with E-state index in [1.54, 1.807) is 36.4 Å². The first-order valence-electron chi connectivity index (χ1n) is 5.53. The minimum absolute atomic E-state index is 0.0746. The summed E-state index contributed by atoms with van der Waals surface area (Å²) in [6, 6.07) is 3.42. The van der Waals surface area contributed by atoms with Crippen LogP contribution in [0.15, 0.2) is 41.4 Å². The normalized spacial score (nSPS) is 12.1. The number of hydrogen-bond donors (Lipinski definition) is 1. The van der Waals surface area contributed by atoms with Gasteiger partial charge < -0.3 is 5.32 Å². The van der Waals surface area contributed by atoms with Gasteiger partial charge in [-0.3, -0.25) is 14.5 Å². The van der Waals surface area contributed by atoms with Gasteiger partial charge in [0.05, 0.1) is 10.7 Å². The molecule has 1 amide bonds. The Balaban J connectivity index is 1.92. The smallest absolute Gasteiger partial charge is 0.244 e. The molecule has 0 aliphatic rings. The predicted octanol–water partition coefficient (Wildman–Crippen LogP) is 1.92. The molecule has 6 heteroatoms. The first kappa shape index (κ1) is 12.8. The zero-order valence-corrected chi connectivity index (χ0v) is 11.5. The molecule has 0 spiro atoms. The number of nitrogens with zero attached hydrogens (tertiary/aromatic N) is 3. The minimum Gasteiger partial charge on any atom is -0.350 e. The Morgan fingerprint density at radius 1 is 1.56 bits per heavy atom. The molecule has 2 aromatic heterocycles. The summed E-state index contributed by atoms with van der Waals surface area (Å²) >= 11 is 3.30. The molecule has 1 unspecified atom stereocenters. The van der Waals surface area contributed by atoms with E-state index in [1.165, 1.54) is 0 Å². The van der Waals surface area contributed by atoms with Crippen molar-refractivity contribution in [3.05, 3.63) is 47.0 Å². The molecular formula is C12H13BrN4O. The summed E-state index contributed by atoms with van der Waals surface area (Å²) in [7, 11) is 0. The molecule has 2 rings (SSSR count).